The lowest BCUT2D eigenvalue weighted by atomic mass is 9.86. The molecule has 0 radical (unpaired) electrons. The second kappa shape index (κ2) is 8.68. The lowest BCUT2D eigenvalue weighted by Crippen LogP contribution is -2.52. The van der Waals surface area contributed by atoms with Crippen LogP contribution in [0.2, 0.25) is 0 Å². The number of hydrogen-bond donors (Lipinski definition) is 2. The normalized spacial score (nSPS) is 20.7. The second-order valence-corrected chi connectivity index (χ2v) is 6.43. The molecule has 9 heteroatoms. The first-order chi connectivity index (χ1) is 12.8. The molecule has 1 aliphatic rings. The van der Waals surface area contributed by atoms with Crippen molar-refractivity contribution >= 4 is 11.6 Å². The van der Waals surface area contributed by atoms with Crippen LogP contribution in [0.1, 0.15) is 25.5 Å². The fraction of sp³-hybridized carbons (Fsp3) is 0.444. The van der Waals surface area contributed by atoms with Gasteiger partial charge in [0.05, 0.1) is 24.6 Å². The van der Waals surface area contributed by atoms with Gasteiger partial charge < -0.3 is 24.6 Å². The van der Waals surface area contributed by atoms with Crippen molar-refractivity contribution in [3.05, 3.63) is 52.0 Å². The molecule has 0 aromatic heterocycles. The summed E-state index contributed by atoms with van der Waals surface area (Å²) >= 11 is 0. The van der Waals surface area contributed by atoms with E-state index in [0.29, 0.717) is 17.1 Å². The van der Waals surface area contributed by atoms with Gasteiger partial charge >= 0.3 is 0 Å². The lowest BCUT2D eigenvalue weighted by Gasteiger charge is -2.42. The van der Waals surface area contributed by atoms with Crippen molar-refractivity contribution in [1.29, 1.82) is 0 Å². The first-order valence-corrected chi connectivity index (χ1v) is 8.23. The predicted octanol–water partition coefficient (Wildman–Crippen LogP) is 1.65. The van der Waals surface area contributed by atoms with Gasteiger partial charge in [-0.05, 0) is 19.9 Å². The number of aliphatic hydroxyl groups excluding tert-OH is 1. The Labute approximate surface area is 156 Å². The zero-order chi connectivity index (χ0) is 20.0. The molecule has 0 bridgehead atoms. The van der Waals surface area contributed by atoms with E-state index in [-0.39, 0.29) is 18.8 Å². The Morgan fingerprint density at radius 1 is 1.52 bits per heavy atom. The first-order valence-electron chi connectivity index (χ1n) is 8.23. The van der Waals surface area contributed by atoms with Gasteiger partial charge in [-0.1, -0.05) is 0 Å². The number of ether oxygens (including phenoxy) is 3. The number of aliphatic hydroxyl groups is 1. The maximum Gasteiger partial charge on any atom is 0.270 e. The van der Waals surface area contributed by atoms with Gasteiger partial charge in [0.2, 0.25) is 0 Å². The standard InChI is InChI=1S/C18H22N2O7/c1-18(2)17(22)16(19-10-13(25-3)11-26-8-4-7-21)14-9-12(20(23)24)5-6-15(14)27-18/h4-6,9,11,16-17,19,22H,8,10H2,1-3H3/t16-,17+/m0/s1. The first kappa shape index (κ1) is 20.4. The Morgan fingerprint density at radius 2 is 2.26 bits per heavy atom. The molecule has 146 valence electrons. The lowest BCUT2D eigenvalue weighted by molar-refractivity contribution is -0.385. The molecule has 1 heterocycles. The number of non-ortho nitro benzene ring substituents is 1. The zero-order valence-electron chi connectivity index (χ0n) is 15.3. The summed E-state index contributed by atoms with van der Waals surface area (Å²) in [7, 11) is 1.45. The largest absolute Gasteiger partial charge is 0.497 e. The van der Waals surface area contributed by atoms with Crippen molar-refractivity contribution in [3.63, 3.8) is 0 Å². The summed E-state index contributed by atoms with van der Waals surface area (Å²) in [4.78, 5) is 20.7. The molecule has 0 fully saturated rings. The molecule has 0 saturated carbocycles. The van der Waals surface area contributed by atoms with Crippen LogP contribution < -0.4 is 10.1 Å². The molecule has 1 aromatic carbocycles. The summed E-state index contributed by atoms with van der Waals surface area (Å²) in [5, 5.41) is 24.9. The van der Waals surface area contributed by atoms with Gasteiger partial charge in [-0.3, -0.25) is 10.1 Å². The quantitative estimate of drug-likeness (QED) is 0.230. The van der Waals surface area contributed by atoms with Crippen LogP contribution in [0.3, 0.4) is 0 Å². The zero-order valence-corrected chi connectivity index (χ0v) is 15.3. The van der Waals surface area contributed by atoms with Crippen LogP contribution in [0.25, 0.3) is 0 Å². The minimum absolute atomic E-state index is 0.0539. The molecule has 0 saturated heterocycles. The Hall–Kier alpha value is -2.87. The molecule has 1 aromatic rings. The minimum Gasteiger partial charge on any atom is -0.497 e. The topological polar surface area (TPSA) is 120 Å². The van der Waals surface area contributed by atoms with Crippen LogP contribution in [-0.4, -0.2) is 47.9 Å². The molecule has 0 amide bonds. The number of methoxy groups -OCH3 is 1. The maximum atomic E-state index is 11.1. The van der Waals surface area contributed by atoms with Crippen LogP contribution in [0.15, 0.2) is 36.3 Å². The van der Waals surface area contributed by atoms with Gasteiger partial charge in [0, 0.05) is 23.8 Å². The molecular formula is C18H22N2O7. The van der Waals surface area contributed by atoms with E-state index in [4.69, 9.17) is 14.2 Å². The number of fused-ring (bicyclic) bond motifs is 1. The SMILES string of the molecule is COC(=COCC=C=O)CN[C@H]1c2cc([N+](=O)[O-])ccc2OC(C)(C)[C@@H]1O. The van der Waals surface area contributed by atoms with Gasteiger partial charge in [0.1, 0.15) is 42.0 Å². The highest BCUT2D eigenvalue weighted by Gasteiger charge is 2.43. The van der Waals surface area contributed by atoms with E-state index in [2.05, 4.69) is 5.32 Å². The molecule has 27 heavy (non-hydrogen) atoms. The number of nitrogens with one attached hydrogen (secondary N) is 1. The van der Waals surface area contributed by atoms with E-state index in [0.717, 1.165) is 0 Å². The highest BCUT2D eigenvalue weighted by Crippen LogP contribution is 2.41. The number of carbonyl (C=O) groups excluding carboxylic acids is 1. The summed E-state index contributed by atoms with van der Waals surface area (Å²) < 4.78 is 16.1. The van der Waals surface area contributed by atoms with Crippen LogP contribution >= 0.6 is 0 Å². The number of benzene rings is 1. The fourth-order valence-electron chi connectivity index (χ4n) is 2.72. The maximum absolute atomic E-state index is 11.1. The summed E-state index contributed by atoms with van der Waals surface area (Å²) in [6.07, 6.45) is 1.55. The highest BCUT2D eigenvalue weighted by molar-refractivity contribution is 5.48. The van der Waals surface area contributed by atoms with E-state index >= 15 is 0 Å². The van der Waals surface area contributed by atoms with Gasteiger partial charge in [-0.2, -0.15) is 0 Å². The molecule has 1 aliphatic heterocycles. The summed E-state index contributed by atoms with van der Waals surface area (Å²) in [6, 6.07) is 3.64. The van der Waals surface area contributed by atoms with E-state index < -0.39 is 22.7 Å². The summed E-state index contributed by atoms with van der Waals surface area (Å²) in [5.41, 5.74) is -0.512. The van der Waals surface area contributed by atoms with E-state index in [9.17, 15) is 20.0 Å². The molecule has 0 aliphatic carbocycles. The van der Waals surface area contributed by atoms with Crippen molar-refractivity contribution in [1.82, 2.24) is 5.32 Å². The van der Waals surface area contributed by atoms with Crippen LogP contribution in [-0.2, 0) is 14.3 Å². The van der Waals surface area contributed by atoms with Gasteiger partial charge in [0.25, 0.3) is 5.69 Å². The van der Waals surface area contributed by atoms with Crippen LogP contribution in [0.4, 0.5) is 5.69 Å². The van der Waals surface area contributed by atoms with Gasteiger partial charge in [-0.25, -0.2) is 4.79 Å². The molecule has 2 rings (SSSR count). The third-order valence-corrected chi connectivity index (χ3v) is 4.18. The number of nitrogens with zero attached hydrogens (tertiary/aromatic N) is 1. The Bertz CT molecular complexity index is 769. The van der Waals surface area contributed by atoms with Crippen LogP contribution in [0, 0.1) is 10.1 Å². The van der Waals surface area contributed by atoms with Gasteiger partial charge in [0.15, 0.2) is 0 Å². The molecular weight excluding hydrogens is 356 g/mol. The minimum atomic E-state index is -0.968. The monoisotopic (exact) mass is 378 g/mol. The Balaban J connectivity index is 2.24. The van der Waals surface area contributed by atoms with Gasteiger partial charge in [-0.15, -0.1) is 0 Å². The average molecular weight is 378 g/mol. The highest BCUT2D eigenvalue weighted by atomic mass is 16.6. The molecule has 0 unspecified atom stereocenters. The summed E-state index contributed by atoms with van der Waals surface area (Å²) in [6.45, 7) is 3.71. The average Bonchev–Trinajstić information content (AvgIpc) is 2.63. The summed E-state index contributed by atoms with van der Waals surface area (Å²) in [5.74, 6) is 2.47. The van der Waals surface area contributed by atoms with Crippen molar-refractivity contribution in [2.45, 2.75) is 31.6 Å². The van der Waals surface area contributed by atoms with Crippen molar-refractivity contribution in [2.75, 3.05) is 20.3 Å². The number of nitro benzene ring substituents is 1. The number of rotatable bonds is 8. The Kier molecular flexibility index (Phi) is 6.57. The Morgan fingerprint density at radius 3 is 2.89 bits per heavy atom. The van der Waals surface area contributed by atoms with E-state index in [1.807, 2.05) is 0 Å². The fourth-order valence-corrected chi connectivity index (χ4v) is 2.72. The smallest absolute Gasteiger partial charge is 0.270 e. The number of hydrogen-bond acceptors (Lipinski definition) is 8. The molecule has 2 N–H and O–H groups in total. The molecule has 9 nitrogen and oxygen atoms in total. The van der Waals surface area contributed by atoms with Crippen LogP contribution in [0.5, 0.6) is 5.75 Å². The second-order valence-electron chi connectivity index (χ2n) is 6.43. The van der Waals surface area contributed by atoms with E-state index in [1.165, 1.54) is 37.6 Å². The molecule has 2 atom stereocenters. The third kappa shape index (κ3) is 4.85. The molecule has 0 spiro atoms. The number of nitro groups is 1. The van der Waals surface area contributed by atoms with Crippen molar-refractivity contribution in [2.24, 2.45) is 0 Å². The predicted molar refractivity (Wildman–Crippen MR) is 95.9 cm³/mol. The van der Waals surface area contributed by atoms with E-state index in [1.54, 1.807) is 19.8 Å². The van der Waals surface area contributed by atoms with Crippen molar-refractivity contribution < 1.29 is 29.0 Å². The van der Waals surface area contributed by atoms with Crippen molar-refractivity contribution in [3.8, 4) is 5.75 Å². The third-order valence-electron chi connectivity index (χ3n) is 4.18.